The number of nitrogens with zero attached hydrogens (tertiary/aromatic N) is 1. The molecule has 1 aliphatic rings. The van der Waals surface area contributed by atoms with Crippen LogP contribution < -0.4 is 15.2 Å². The van der Waals surface area contributed by atoms with Crippen molar-refractivity contribution in [3.8, 4) is 11.5 Å². The van der Waals surface area contributed by atoms with Gasteiger partial charge in [0.2, 0.25) is 5.91 Å². The average molecular weight is 278 g/mol. The maximum atomic E-state index is 12.1. The van der Waals surface area contributed by atoms with Crippen molar-refractivity contribution >= 4 is 5.91 Å². The molecule has 1 aliphatic heterocycles. The van der Waals surface area contributed by atoms with Gasteiger partial charge in [-0.15, -0.1) is 0 Å². The Kier molecular flexibility index (Phi) is 4.18. The summed E-state index contributed by atoms with van der Waals surface area (Å²) < 4.78 is 10.6. The van der Waals surface area contributed by atoms with Crippen LogP contribution in [0.4, 0.5) is 0 Å². The van der Waals surface area contributed by atoms with Crippen LogP contribution in [0.3, 0.4) is 0 Å². The Bertz CT molecular complexity index is 480. The third kappa shape index (κ3) is 2.58. The van der Waals surface area contributed by atoms with Gasteiger partial charge in [0.15, 0.2) is 0 Å². The lowest BCUT2D eigenvalue weighted by Gasteiger charge is -2.31. The van der Waals surface area contributed by atoms with E-state index in [1.165, 1.54) is 0 Å². The molecule has 1 saturated heterocycles. The van der Waals surface area contributed by atoms with Crippen molar-refractivity contribution in [1.82, 2.24) is 4.90 Å². The first-order valence-electron chi connectivity index (χ1n) is 6.77. The maximum absolute atomic E-state index is 12.1. The zero-order valence-corrected chi connectivity index (χ0v) is 12.4. The van der Waals surface area contributed by atoms with Crippen molar-refractivity contribution in [1.29, 1.82) is 0 Å². The lowest BCUT2D eigenvalue weighted by molar-refractivity contribution is -0.130. The summed E-state index contributed by atoms with van der Waals surface area (Å²) in [5.41, 5.74) is 7.12. The number of nitrogens with two attached hydrogens (primary N) is 1. The zero-order chi connectivity index (χ0) is 14.9. The predicted octanol–water partition coefficient (Wildman–Crippen LogP) is 1.71. The van der Waals surface area contributed by atoms with E-state index in [4.69, 9.17) is 15.2 Å². The SMILES string of the molecule is COc1cc(OC)cc(C2C(N)CC(=O)N2C(C)C)c1. The largest absolute Gasteiger partial charge is 0.497 e. The van der Waals surface area contributed by atoms with Crippen molar-refractivity contribution in [3.63, 3.8) is 0 Å². The molecule has 5 heteroatoms. The summed E-state index contributed by atoms with van der Waals surface area (Å²) in [6, 6.07) is 5.42. The Hall–Kier alpha value is -1.75. The minimum atomic E-state index is -0.207. The lowest BCUT2D eigenvalue weighted by Crippen LogP contribution is -2.37. The van der Waals surface area contributed by atoms with Crippen molar-refractivity contribution < 1.29 is 14.3 Å². The number of hydrogen-bond donors (Lipinski definition) is 1. The van der Waals surface area contributed by atoms with Gasteiger partial charge in [0.1, 0.15) is 11.5 Å². The number of amides is 1. The fourth-order valence-electron chi connectivity index (χ4n) is 2.80. The lowest BCUT2D eigenvalue weighted by atomic mass is 9.99. The molecule has 0 saturated carbocycles. The molecular weight excluding hydrogens is 256 g/mol. The highest BCUT2D eigenvalue weighted by Crippen LogP contribution is 2.37. The highest BCUT2D eigenvalue weighted by atomic mass is 16.5. The van der Waals surface area contributed by atoms with Gasteiger partial charge in [-0.1, -0.05) is 0 Å². The van der Waals surface area contributed by atoms with E-state index < -0.39 is 0 Å². The third-order valence-electron chi connectivity index (χ3n) is 3.68. The molecule has 0 bridgehead atoms. The summed E-state index contributed by atoms with van der Waals surface area (Å²) in [7, 11) is 3.22. The van der Waals surface area contributed by atoms with Gasteiger partial charge in [-0.2, -0.15) is 0 Å². The van der Waals surface area contributed by atoms with Crippen LogP contribution in [0.25, 0.3) is 0 Å². The summed E-state index contributed by atoms with van der Waals surface area (Å²) in [6.45, 7) is 4.00. The number of likely N-dealkylation sites (tertiary alicyclic amines) is 1. The monoisotopic (exact) mass is 278 g/mol. The summed E-state index contributed by atoms with van der Waals surface area (Å²) >= 11 is 0. The number of carbonyl (C=O) groups excluding carboxylic acids is 1. The number of rotatable bonds is 4. The quantitative estimate of drug-likeness (QED) is 0.910. The summed E-state index contributed by atoms with van der Waals surface area (Å²) in [6.07, 6.45) is 0.377. The van der Waals surface area contributed by atoms with Crippen LogP contribution in [0.5, 0.6) is 11.5 Å². The molecule has 0 aliphatic carbocycles. The van der Waals surface area contributed by atoms with E-state index in [1.807, 2.05) is 36.9 Å². The Labute approximate surface area is 119 Å². The Morgan fingerprint density at radius 2 is 1.75 bits per heavy atom. The van der Waals surface area contributed by atoms with Crippen molar-refractivity contribution in [3.05, 3.63) is 23.8 Å². The van der Waals surface area contributed by atoms with Gasteiger partial charge in [-0.25, -0.2) is 0 Å². The second-order valence-electron chi connectivity index (χ2n) is 5.35. The summed E-state index contributed by atoms with van der Waals surface area (Å²) in [4.78, 5) is 13.9. The second-order valence-corrected chi connectivity index (χ2v) is 5.35. The fraction of sp³-hybridized carbons (Fsp3) is 0.533. The normalized spacial score (nSPS) is 22.5. The van der Waals surface area contributed by atoms with E-state index in [-0.39, 0.29) is 24.0 Å². The van der Waals surface area contributed by atoms with Crippen LogP contribution in [0, 0.1) is 0 Å². The smallest absolute Gasteiger partial charge is 0.225 e. The molecule has 20 heavy (non-hydrogen) atoms. The van der Waals surface area contributed by atoms with Gasteiger partial charge in [0, 0.05) is 24.6 Å². The first-order chi connectivity index (χ1) is 9.47. The van der Waals surface area contributed by atoms with Gasteiger partial charge in [0.25, 0.3) is 0 Å². The molecule has 110 valence electrons. The molecule has 0 aromatic heterocycles. The number of ether oxygens (including phenoxy) is 2. The number of hydrogen-bond acceptors (Lipinski definition) is 4. The minimum Gasteiger partial charge on any atom is -0.497 e. The molecule has 0 radical (unpaired) electrons. The van der Waals surface area contributed by atoms with E-state index >= 15 is 0 Å². The van der Waals surface area contributed by atoms with Gasteiger partial charge in [0.05, 0.1) is 20.3 Å². The van der Waals surface area contributed by atoms with Crippen LogP contribution in [0.15, 0.2) is 18.2 Å². The average Bonchev–Trinajstić information content (AvgIpc) is 2.72. The first kappa shape index (κ1) is 14.7. The molecule has 0 spiro atoms. The van der Waals surface area contributed by atoms with E-state index in [0.717, 1.165) is 5.56 Å². The molecule has 1 heterocycles. The summed E-state index contributed by atoms with van der Waals surface area (Å²) in [5.74, 6) is 1.50. The van der Waals surface area contributed by atoms with E-state index in [2.05, 4.69) is 0 Å². The maximum Gasteiger partial charge on any atom is 0.225 e. The molecule has 1 amide bonds. The third-order valence-corrected chi connectivity index (χ3v) is 3.68. The summed E-state index contributed by atoms with van der Waals surface area (Å²) in [5, 5.41) is 0. The number of methoxy groups -OCH3 is 2. The van der Waals surface area contributed by atoms with E-state index in [9.17, 15) is 4.79 Å². The highest BCUT2D eigenvalue weighted by molar-refractivity contribution is 5.80. The van der Waals surface area contributed by atoms with Crippen molar-refractivity contribution in [2.75, 3.05) is 14.2 Å². The second kappa shape index (κ2) is 5.71. The van der Waals surface area contributed by atoms with Gasteiger partial charge in [-0.3, -0.25) is 4.79 Å². The topological polar surface area (TPSA) is 64.8 Å². The predicted molar refractivity (Wildman–Crippen MR) is 76.9 cm³/mol. The van der Waals surface area contributed by atoms with Gasteiger partial charge < -0.3 is 20.1 Å². The molecule has 5 nitrogen and oxygen atoms in total. The molecular formula is C15H22N2O3. The minimum absolute atomic E-state index is 0.0966. The molecule has 2 unspecified atom stereocenters. The standard InChI is InChI=1S/C15H22N2O3/c1-9(2)17-14(18)8-13(16)15(17)10-5-11(19-3)7-12(6-10)20-4/h5-7,9,13,15H,8,16H2,1-4H3. The number of benzene rings is 1. The Balaban J connectivity index is 2.45. The molecule has 2 rings (SSSR count). The van der Waals surface area contributed by atoms with E-state index in [1.54, 1.807) is 14.2 Å². The van der Waals surface area contributed by atoms with Crippen LogP contribution in [-0.4, -0.2) is 37.1 Å². The first-order valence-corrected chi connectivity index (χ1v) is 6.77. The Morgan fingerprint density at radius 1 is 1.20 bits per heavy atom. The highest BCUT2D eigenvalue weighted by Gasteiger charge is 2.40. The van der Waals surface area contributed by atoms with Crippen molar-refractivity contribution in [2.45, 2.75) is 38.4 Å². The van der Waals surface area contributed by atoms with Gasteiger partial charge >= 0.3 is 0 Å². The zero-order valence-electron chi connectivity index (χ0n) is 12.4. The van der Waals surface area contributed by atoms with Crippen LogP contribution >= 0.6 is 0 Å². The molecule has 2 N–H and O–H groups in total. The van der Waals surface area contributed by atoms with Gasteiger partial charge in [-0.05, 0) is 31.5 Å². The molecule has 1 fully saturated rings. The van der Waals surface area contributed by atoms with Crippen LogP contribution in [0.2, 0.25) is 0 Å². The van der Waals surface area contributed by atoms with Crippen LogP contribution in [0.1, 0.15) is 31.9 Å². The molecule has 1 aromatic carbocycles. The molecule has 1 aromatic rings. The molecule has 2 atom stereocenters. The Morgan fingerprint density at radius 3 is 2.20 bits per heavy atom. The van der Waals surface area contributed by atoms with Crippen LogP contribution in [-0.2, 0) is 4.79 Å². The van der Waals surface area contributed by atoms with E-state index in [0.29, 0.717) is 17.9 Å². The van der Waals surface area contributed by atoms with Crippen molar-refractivity contribution in [2.24, 2.45) is 5.73 Å². The fourth-order valence-corrected chi connectivity index (χ4v) is 2.80. The number of carbonyl (C=O) groups is 1.